The molecule has 0 saturated heterocycles. The summed E-state index contributed by atoms with van der Waals surface area (Å²) in [5.41, 5.74) is 2.67. The van der Waals surface area contributed by atoms with Crippen LogP contribution < -0.4 is 4.90 Å². The van der Waals surface area contributed by atoms with E-state index in [0.717, 1.165) is 42.6 Å². The minimum atomic E-state index is -0.938. The molecule has 0 aromatic heterocycles. The second-order valence-corrected chi connectivity index (χ2v) is 7.88. The number of aryl methyl sites for hydroxylation is 1. The van der Waals surface area contributed by atoms with Crippen molar-refractivity contribution >= 4 is 23.4 Å². The van der Waals surface area contributed by atoms with Crippen LogP contribution in [0.3, 0.4) is 0 Å². The molecule has 1 amide bonds. The van der Waals surface area contributed by atoms with E-state index < -0.39 is 5.97 Å². The maximum Gasteiger partial charge on any atom is 0.418 e. The summed E-state index contributed by atoms with van der Waals surface area (Å²) in [7, 11) is 0. The van der Waals surface area contributed by atoms with Gasteiger partial charge in [-0.25, -0.2) is 14.5 Å². The minimum Gasteiger partial charge on any atom is -0.480 e. The Hall–Kier alpha value is -2.86. The fourth-order valence-electron chi connectivity index (χ4n) is 3.76. The first-order valence-electron chi connectivity index (χ1n) is 10.4. The number of amides is 1. The number of carboxylic acid groups (broad SMARTS) is 1. The van der Waals surface area contributed by atoms with Crippen molar-refractivity contribution in [1.82, 2.24) is 0 Å². The van der Waals surface area contributed by atoms with Gasteiger partial charge in [0, 0.05) is 0 Å². The second-order valence-electron chi connectivity index (χ2n) is 7.88. The summed E-state index contributed by atoms with van der Waals surface area (Å²) < 4.78 is 10.9. The van der Waals surface area contributed by atoms with Gasteiger partial charge in [-0.2, -0.15) is 0 Å². The van der Waals surface area contributed by atoms with Crippen LogP contribution >= 0.6 is 0 Å². The lowest BCUT2D eigenvalue weighted by atomic mass is 9.83. The van der Waals surface area contributed by atoms with Crippen LogP contribution in [0.1, 0.15) is 31.2 Å². The van der Waals surface area contributed by atoms with E-state index >= 15 is 0 Å². The van der Waals surface area contributed by atoms with Gasteiger partial charge in [0.1, 0.15) is 6.61 Å². The molecule has 2 aromatic carbocycles. The van der Waals surface area contributed by atoms with Crippen LogP contribution in [-0.2, 0) is 14.3 Å². The number of carbonyl (C=O) groups excluding carboxylic acids is 1. The van der Waals surface area contributed by atoms with Crippen LogP contribution in [0.2, 0.25) is 0 Å². The number of hydrogen-bond acceptors (Lipinski definition) is 4. The summed E-state index contributed by atoms with van der Waals surface area (Å²) in [4.78, 5) is 25.1. The fourth-order valence-corrected chi connectivity index (χ4v) is 3.76. The van der Waals surface area contributed by atoms with E-state index in [1.807, 2.05) is 61.5 Å². The van der Waals surface area contributed by atoms with Crippen LogP contribution in [0.15, 0.2) is 54.6 Å². The van der Waals surface area contributed by atoms with Gasteiger partial charge < -0.3 is 14.6 Å². The number of para-hydroxylation sites is 1. The lowest BCUT2D eigenvalue weighted by Crippen LogP contribution is -2.30. The number of hydrogen-bond donors (Lipinski definition) is 1. The van der Waals surface area contributed by atoms with Crippen LogP contribution in [0.4, 0.5) is 16.2 Å². The van der Waals surface area contributed by atoms with Crippen molar-refractivity contribution in [2.45, 2.75) is 32.6 Å². The Morgan fingerprint density at radius 3 is 2.07 bits per heavy atom. The molecule has 0 radical (unpaired) electrons. The molecule has 1 saturated carbocycles. The molecule has 30 heavy (non-hydrogen) atoms. The van der Waals surface area contributed by atoms with Gasteiger partial charge in [-0.15, -0.1) is 0 Å². The molecule has 1 N–H and O–H groups in total. The highest BCUT2D eigenvalue weighted by Crippen LogP contribution is 2.30. The average Bonchev–Trinajstić information content (AvgIpc) is 2.75. The summed E-state index contributed by atoms with van der Waals surface area (Å²) in [5, 5.41) is 8.65. The molecule has 0 heterocycles. The van der Waals surface area contributed by atoms with E-state index in [0.29, 0.717) is 25.0 Å². The first-order chi connectivity index (χ1) is 14.5. The highest BCUT2D eigenvalue weighted by atomic mass is 16.6. The normalized spacial score (nSPS) is 18.6. The number of benzene rings is 2. The largest absolute Gasteiger partial charge is 0.480 e. The fraction of sp³-hybridized carbons (Fsp3) is 0.417. The number of aliphatic carboxylic acids is 1. The van der Waals surface area contributed by atoms with E-state index in [4.69, 9.17) is 14.6 Å². The van der Waals surface area contributed by atoms with Crippen molar-refractivity contribution in [3.05, 3.63) is 60.2 Å². The van der Waals surface area contributed by atoms with Gasteiger partial charge in [-0.1, -0.05) is 35.9 Å². The van der Waals surface area contributed by atoms with Crippen LogP contribution in [0, 0.1) is 18.8 Å². The second kappa shape index (κ2) is 10.8. The average molecular weight is 411 g/mol. The van der Waals surface area contributed by atoms with Gasteiger partial charge >= 0.3 is 12.1 Å². The number of ether oxygens (including phenoxy) is 2. The highest BCUT2D eigenvalue weighted by Gasteiger charge is 2.25. The zero-order valence-corrected chi connectivity index (χ0v) is 17.3. The van der Waals surface area contributed by atoms with E-state index in [2.05, 4.69) is 0 Å². The molecule has 0 unspecified atom stereocenters. The third-order valence-electron chi connectivity index (χ3n) is 5.48. The van der Waals surface area contributed by atoms with Crippen molar-refractivity contribution in [2.75, 3.05) is 24.7 Å². The maximum atomic E-state index is 13.0. The maximum absolute atomic E-state index is 13.0. The summed E-state index contributed by atoms with van der Waals surface area (Å²) in [5.74, 6) is -0.239. The van der Waals surface area contributed by atoms with Gasteiger partial charge in [0.2, 0.25) is 0 Å². The van der Waals surface area contributed by atoms with Crippen molar-refractivity contribution in [2.24, 2.45) is 11.8 Å². The molecule has 1 aliphatic carbocycles. The molecule has 1 fully saturated rings. The predicted octanol–water partition coefficient (Wildman–Crippen LogP) is 5.18. The Morgan fingerprint density at radius 1 is 0.900 bits per heavy atom. The Labute approximate surface area is 177 Å². The summed E-state index contributed by atoms with van der Waals surface area (Å²) >= 11 is 0. The molecule has 6 heteroatoms. The molecule has 3 rings (SSSR count). The Kier molecular flexibility index (Phi) is 7.85. The molecule has 0 aliphatic heterocycles. The summed E-state index contributed by atoms with van der Waals surface area (Å²) in [6.45, 7) is 2.63. The quantitative estimate of drug-likeness (QED) is 0.648. The van der Waals surface area contributed by atoms with E-state index in [9.17, 15) is 9.59 Å². The minimum absolute atomic E-state index is 0.244. The van der Waals surface area contributed by atoms with Crippen molar-refractivity contribution in [3.63, 3.8) is 0 Å². The van der Waals surface area contributed by atoms with E-state index in [1.54, 1.807) is 4.90 Å². The third-order valence-corrected chi connectivity index (χ3v) is 5.48. The van der Waals surface area contributed by atoms with E-state index in [1.165, 1.54) is 0 Å². The van der Waals surface area contributed by atoms with Crippen molar-refractivity contribution in [1.29, 1.82) is 0 Å². The Balaban J connectivity index is 1.54. The number of nitrogens with zero attached hydrogens (tertiary/aromatic N) is 1. The molecule has 1 aliphatic rings. The molecule has 2 aromatic rings. The standard InChI is InChI=1S/C24H29NO5/c1-18-7-13-22(14-8-18)25(21-5-3-2-4-6-21)24(28)30-16-20-11-9-19(10-12-20)15-29-17-23(26)27/h2-8,13-14,19-20H,9-12,15-17H2,1H3,(H,26,27)/t19-,20+. The van der Waals surface area contributed by atoms with Gasteiger partial charge in [0.15, 0.2) is 0 Å². The number of carboxylic acids is 1. The number of anilines is 2. The lowest BCUT2D eigenvalue weighted by Gasteiger charge is -2.29. The zero-order chi connectivity index (χ0) is 21.3. The molecular weight excluding hydrogens is 382 g/mol. The predicted molar refractivity (Wildman–Crippen MR) is 115 cm³/mol. The Bertz CT molecular complexity index is 813. The molecule has 160 valence electrons. The zero-order valence-electron chi connectivity index (χ0n) is 17.3. The molecule has 0 bridgehead atoms. The van der Waals surface area contributed by atoms with E-state index in [-0.39, 0.29) is 12.7 Å². The molecule has 0 atom stereocenters. The van der Waals surface area contributed by atoms with Gasteiger partial charge in [-0.3, -0.25) is 0 Å². The number of carbonyl (C=O) groups is 2. The molecule has 6 nitrogen and oxygen atoms in total. The van der Waals surface area contributed by atoms with Gasteiger partial charge in [0.05, 0.1) is 24.6 Å². The van der Waals surface area contributed by atoms with Gasteiger partial charge in [0.25, 0.3) is 0 Å². The van der Waals surface area contributed by atoms with Crippen LogP contribution in [0.25, 0.3) is 0 Å². The lowest BCUT2D eigenvalue weighted by molar-refractivity contribution is -0.142. The summed E-state index contributed by atoms with van der Waals surface area (Å²) in [6, 6.07) is 17.3. The first-order valence-corrected chi connectivity index (χ1v) is 10.4. The van der Waals surface area contributed by atoms with Gasteiger partial charge in [-0.05, 0) is 68.7 Å². The molecular formula is C24H29NO5. The summed E-state index contributed by atoms with van der Waals surface area (Å²) in [6.07, 6.45) is 3.44. The Morgan fingerprint density at radius 2 is 1.47 bits per heavy atom. The third kappa shape index (κ3) is 6.32. The van der Waals surface area contributed by atoms with Crippen LogP contribution in [-0.4, -0.2) is 37.0 Å². The van der Waals surface area contributed by atoms with Crippen molar-refractivity contribution < 1.29 is 24.2 Å². The first kappa shape index (κ1) is 21.8. The smallest absolute Gasteiger partial charge is 0.418 e. The molecule has 0 spiro atoms. The SMILES string of the molecule is Cc1ccc(N(C(=O)OC[C@H]2CC[C@@H](COCC(=O)O)CC2)c2ccccc2)cc1. The monoisotopic (exact) mass is 411 g/mol. The van der Waals surface area contributed by atoms with Crippen molar-refractivity contribution in [3.8, 4) is 0 Å². The topological polar surface area (TPSA) is 76.1 Å². The number of rotatable bonds is 8. The highest BCUT2D eigenvalue weighted by molar-refractivity contribution is 5.95. The van der Waals surface area contributed by atoms with Crippen LogP contribution in [0.5, 0.6) is 0 Å².